The van der Waals surface area contributed by atoms with Crippen molar-refractivity contribution in [2.24, 2.45) is 0 Å². The van der Waals surface area contributed by atoms with E-state index in [-0.39, 0.29) is 16.3 Å². The van der Waals surface area contributed by atoms with Gasteiger partial charge in [0.25, 0.3) is 0 Å². The Morgan fingerprint density at radius 2 is 1.51 bits per heavy atom. The first-order valence-corrected chi connectivity index (χ1v) is 13.2. The van der Waals surface area contributed by atoms with Crippen molar-refractivity contribution in [3.05, 3.63) is 114 Å². The number of anilines is 1. The summed E-state index contributed by atoms with van der Waals surface area (Å²) < 4.78 is 40.0. The molecule has 0 saturated heterocycles. The lowest BCUT2D eigenvalue weighted by Gasteiger charge is -2.20. The highest BCUT2D eigenvalue weighted by atomic mass is 35.5. The average molecular weight is 537 g/mol. The molecule has 9 heteroatoms. The van der Waals surface area contributed by atoms with Gasteiger partial charge in [0.1, 0.15) is 17.5 Å². The number of ether oxygens (including phenoxy) is 2. The van der Waals surface area contributed by atoms with E-state index in [2.05, 4.69) is 10.0 Å². The van der Waals surface area contributed by atoms with Crippen LogP contribution in [0.15, 0.2) is 108 Å². The van der Waals surface area contributed by atoms with E-state index >= 15 is 0 Å². The molecule has 0 bridgehead atoms. The van der Waals surface area contributed by atoms with Crippen molar-refractivity contribution in [2.75, 3.05) is 12.4 Å². The Balaban J connectivity index is 1.60. The highest BCUT2D eigenvalue weighted by Gasteiger charge is 2.27. The van der Waals surface area contributed by atoms with Crippen LogP contribution in [0.25, 0.3) is 0 Å². The molecule has 2 N–H and O–H groups in total. The third-order valence-corrected chi connectivity index (χ3v) is 7.21. The van der Waals surface area contributed by atoms with Gasteiger partial charge < -0.3 is 14.8 Å². The van der Waals surface area contributed by atoms with Crippen LogP contribution in [-0.4, -0.2) is 27.5 Å². The van der Waals surface area contributed by atoms with E-state index in [9.17, 15) is 13.2 Å². The smallest absolute Gasteiger partial charge is 0.243 e. The van der Waals surface area contributed by atoms with Gasteiger partial charge in [-0.1, -0.05) is 72.3 Å². The van der Waals surface area contributed by atoms with Gasteiger partial charge in [-0.15, -0.1) is 0 Å². The Morgan fingerprint density at radius 1 is 0.865 bits per heavy atom. The minimum absolute atomic E-state index is 0.0861. The van der Waals surface area contributed by atoms with Crippen molar-refractivity contribution in [2.45, 2.75) is 17.4 Å². The molecule has 7 nitrogen and oxygen atoms in total. The van der Waals surface area contributed by atoms with Gasteiger partial charge in [0.15, 0.2) is 5.75 Å². The molecule has 0 aliphatic carbocycles. The maximum Gasteiger partial charge on any atom is 0.243 e. The Morgan fingerprint density at radius 3 is 2.19 bits per heavy atom. The second-order valence-corrected chi connectivity index (χ2v) is 10.2. The quantitative estimate of drug-likeness (QED) is 0.272. The summed E-state index contributed by atoms with van der Waals surface area (Å²) in [6.45, 7) is 0. The van der Waals surface area contributed by atoms with Gasteiger partial charge in [-0.2, -0.15) is 4.72 Å². The number of hydrogen-bond acceptors (Lipinski definition) is 5. The predicted octanol–water partition coefficient (Wildman–Crippen LogP) is 5.67. The van der Waals surface area contributed by atoms with Crippen molar-refractivity contribution in [1.29, 1.82) is 0 Å². The maximum atomic E-state index is 13.5. The number of amides is 1. The molecule has 190 valence electrons. The van der Waals surface area contributed by atoms with E-state index in [1.807, 2.05) is 48.5 Å². The van der Waals surface area contributed by atoms with E-state index < -0.39 is 22.0 Å². The fourth-order valence-electron chi connectivity index (χ4n) is 3.60. The molecule has 0 spiro atoms. The molecule has 0 radical (unpaired) electrons. The molecular weight excluding hydrogens is 512 g/mol. The van der Waals surface area contributed by atoms with Gasteiger partial charge in [-0.3, -0.25) is 4.79 Å². The number of nitrogens with one attached hydrogen (secondary N) is 2. The molecule has 4 rings (SSSR count). The standard InChI is InChI=1S/C28H25ClN2O5S/c1-35-26-17-16-22(19-23(26)29)37(33,34)31-25(18-20-10-4-2-5-11-20)28(32)30-24-14-8-9-15-27(24)36-21-12-6-3-7-13-21/h2-17,19,25,31H,18H2,1H3,(H,30,32). The summed E-state index contributed by atoms with van der Waals surface area (Å²) in [4.78, 5) is 13.4. The van der Waals surface area contributed by atoms with Crippen molar-refractivity contribution in [1.82, 2.24) is 4.72 Å². The van der Waals surface area contributed by atoms with Gasteiger partial charge in [0.2, 0.25) is 15.9 Å². The third-order valence-electron chi connectivity index (χ3n) is 5.45. The lowest BCUT2D eigenvalue weighted by Crippen LogP contribution is -2.45. The van der Waals surface area contributed by atoms with E-state index in [0.717, 1.165) is 5.56 Å². The summed E-state index contributed by atoms with van der Waals surface area (Å²) in [7, 11) is -2.67. The topological polar surface area (TPSA) is 93.7 Å². The van der Waals surface area contributed by atoms with Gasteiger partial charge in [-0.25, -0.2) is 8.42 Å². The lowest BCUT2D eigenvalue weighted by atomic mass is 10.1. The fourth-order valence-corrected chi connectivity index (χ4v) is 5.15. The summed E-state index contributed by atoms with van der Waals surface area (Å²) in [6.07, 6.45) is 0.123. The molecular formula is C28H25ClN2O5S. The van der Waals surface area contributed by atoms with Crippen molar-refractivity contribution >= 4 is 33.2 Å². The number of halogens is 1. The number of methoxy groups -OCH3 is 1. The number of hydrogen-bond donors (Lipinski definition) is 2. The molecule has 0 fully saturated rings. The van der Waals surface area contributed by atoms with Crippen molar-refractivity contribution in [3.63, 3.8) is 0 Å². The molecule has 37 heavy (non-hydrogen) atoms. The molecule has 1 atom stereocenters. The number of rotatable bonds is 10. The first-order chi connectivity index (χ1) is 17.9. The fraction of sp³-hybridized carbons (Fsp3) is 0.107. The van der Waals surface area contributed by atoms with E-state index in [1.165, 1.54) is 25.3 Å². The van der Waals surface area contributed by atoms with Crippen LogP contribution in [0.3, 0.4) is 0 Å². The van der Waals surface area contributed by atoms with Crippen LogP contribution in [0, 0.1) is 0 Å². The minimum Gasteiger partial charge on any atom is -0.495 e. The monoisotopic (exact) mass is 536 g/mol. The summed E-state index contributed by atoms with van der Waals surface area (Å²) in [5.41, 5.74) is 1.19. The van der Waals surface area contributed by atoms with Crippen LogP contribution < -0.4 is 19.5 Å². The number of carbonyl (C=O) groups excluding carboxylic acids is 1. The highest BCUT2D eigenvalue weighted by molar-refractivity contribution is 7.89. The Kier molecular flexibility index (Phi) is 8.45. The zero-order chi connectivity index (χ0) is 26.3. The summed E-state index contributed by atoms with van der Waals surface area (Å²) in [5, 5.41) is 2.96. The van der Waals surface area contributed by atoms with Crippen LogP contribution in [0.4, 0.5) is 5.69 Å². The summed E-state index contributed by atoms with van der Waals surface area (Å²) in [6, 6.07) is 28.2. The minimum atomic E-state index is -4.11. The van der Waals surface area contributed by atoms with Crippen molar-refractivity contribution < 1.29 is 22.7 Å². The number of sulfonamides is 1. The van der Waals surface area contributed by atoms with Gasteiger partial charge in [0.05, 0.1) is 22.7 Å². The van der Waals surface area contributed by atoms with Crippen LogP contribution in [0.2, 0.25) is 5.02 Å². The van der Waals surface area contributed by atoms with E-state index in [1.54, 1.807) is 36.4 Å². The van der Waals surface area contributed by atoms with Gasteiger partial charge in [0, 0.05) is 0 Å². The van der Waals surface area contributed by atoms with Crippen LogP contribution in [0.5, 0.6) is 17.2 Å². The molecule has 1 amide bonds. The molecule has 4 aromatic rings. The molecule has 4 aromatic carbocycles. The lowest BCUT2D eigenvalue weighted by molar-refractivity contribution is -0.117. The molecule has 0 saturated carbocycles. The first-order valence-electron chi connectivity index (χ1n) is 11.4. The summed E-state index contributed by atoms with van der Waals surface area (Å²) in [5.74, 6) is 0.817. The number of para-hydroxylation sites is 3. The van der Waals surface area contributed by atoms with Gasteiger partial charge >= 0.3 is 0 Å². The second-order valence-electron chi connectivity index (χ2n) is 8.06. The van der Waals surface area contributed by atoms with Crippen molar-refractivity contribution in [3.8, 4) is 17.2 Å². The second kappa shape index (κ2) is 11.9. The zero-order valence-corrected chi connectivity index (χ0v) is 21.5. The largest absolute Gasteiger partial charge is 0.495 e. The zero-order valence-electron chi connectivity index (χ0n) is 19.9. The van der Waals surface area contributed by atoms with Crippen LogP contribution in [0.1, 0.15) is 5.56 Å². The first kappa shape index (κ1) is 26.2. The molecule has 0 aliphatic heterocycles. The van der Waals surface area contributed by atoms with E-state index in [0.29, 0.717) is 22.9 Å². The Hall–Kier alpha value is -3.85. The molecule has 1 unspecified atom stereocenters. The Bertz CT molecular complexity index is 1460. The maximum absolute atomic E-state index is 13.5. The highest BCUT2D eigenvalue weighted by Crippen LogP contribution is 2.30. The van der Waals surface area contributed by atoms with Crippen LogP contribution >= 0.6 is 11.6 Å². The van der Waals surface area contributed by atoms with Crippen LogP contribution in [-0.2, 0) is 21.2 Å². The predicted molar refractivity (Wildman–Crippen MR) is 144 cm³/mol. The average Bonchev–Trinajstić information content (AvgIpc) is 2.90. The molecule has 0 aromatic heterocycles. The Labute approximate surface area is 221 Å². The number of benzene rings is 4. The van der Waals surface area contributed by atoms with Gasteiger partial charge in [-0.05, 0) is 54.4 Å². The number of carbonyl (C=O) groups is 1. The van der Waals surface area contributed by atoms with E-state index in [4.69, 9.17) is 21.1 Å². The third kappa shape index (κ3) is 6.89. The molecule has 0 heterocycles. The SMILES string of the molecule is COc1ccc(S(=O)(=O)NC(Cc2ccccc2)C(=O)Nc2ccccc2Oc2ccccc2)cc1Cl. The summed E-state index contributed by atoms with van der Waals surface area (Å²) >= 11 is 6.15. The molecule has 0 aliphatic rings. The normalized spacial score (nSPS) is 11.9.